The maximum absolute atomic E-state index is 12.1. The van der Waals surface area contributed by atoms with Crippen LogP contribution in [0.1, 0.15) is 32.6 Å². The van der Waals surface area contributed by atoms with Crippen molar-refractivity contribution in [2.24, 2.45) is 0 Å². The number of nitrogens with zero attached hydrogens (tertiary/aromatic N) is 1. The van der Waals surface area contributed by atoms with Gasteiger partial charge >= 0.3 is 0 Å². The van der Waals surface area contributed by atoms with Crippen molar-refractivity contribution < 1.29 is 9.63 Å². The molecule has 4 nitrogen and oxygen atoms in total. The summed E-state index contributed by atoms with van der Waals surface area (Å²) in [6.45, 7) is 4.45. The van der Waals surface area contributed by atoms with Gasteiger partial charge in [-0.1, -0.05) is 6.92 Å². The Bertz CT molecular complexity index is 218. The highest BCUT2D eigenvalue weighted by atomic mass is 16.7. The molecule has 1 unspecified atom stereocenters. The maximum Gasteiger partial charge on any atom is 0.266 e. The molecule has 2 aliphatic rings. The Labute approximate surface area is 84.6 Å². The van der Waals surface area contributed by atoms with E-state index in [4.69, 9.17) is 4.84 Å². The zero-order valence-electron chi connectivity index (χ0n) is 8.71. The summed E-state index contributed by atoms with van der Waals surface area (Å²) in [4.78, 5) is 17.4. The average Bonchev–Trinajstić information content (AvgIpc) is 2.89. The van der Waals surface area contributed by atoms with Crippen LogP contribution in [-0.4, -0.2) is 36.2 Å². The van der Waals surface area contributed by atoms with Gasteiger partial charge in [0.05, 0.1) is 13.2 Å². The minimum absolute atomic E-state index is 0.134. The predicted molar refractivity (Wildman–Crippen MR) is 52.5 cm³/mol. The van der Waals surface area contributed by atoms with Gasteiger partial charge in [-0.3, -0.25) is 9.63 Å². The second-order valence-corrected chi connectivity index (χ2v) is 4.06. The van der Waals surface area contributed by atoms with Crippen LogP contribution in [0.5, 0.6) is 0 Å². The molecule has 2 rings (SSSR count). The third-order valence-electron chi connectivity index (χ3n) is 3.24. The molecule has 0 spiro atoms. The largest absolute Gasteiger partial charge is 0.303 e. The molecule has 1 amide bonds. The van der Waals surface area contributed by atoms with Crippen molar-refractivity contribution in [3.8, 4) is 0 Å². The number of amides is 1. The smallest absolute Gasteiger partial charge is 0.266 e. The van der Waals surface area contributed by atoms with E-state index in [0.29, 0.717) is 6.61 Å². The van der Waals surface area contributed by atoms with Gasteiger partial charge < -0.3 is 5.32 Å². The van der Waals surface area contributed by atoms with Crippen LogP contribution in [0.3, 0.4) is 0 Å². The van der Waals surface area contributed by atoms with Crippen LogP contribution in [0.4, 0.5) is 0 Å². The summed E-state index contributed by atoms with van der Waals surface area (Å²) in [5.41, 5.74) is -0.329. The number of hydrogen-bond acceptors (Lipinski definition) is 3. The molecule has 14 heavy (non-hydrogen) atoms. The predicted octanol–water partition coefficient (Wildman–Crippen LogP) is 0.682. The number of hydroxylamine groups is 2. The summed E-state index contributed by atoms with van der Waals surface area (Å²) < 4.78 is 0. The molecular formula is C10H18N2O2. The van der Waals surface area contributed by atoms with Crippen molar-refractivity contribution >= 4 is 5.91 Å². The van der Waals surface area contributed by atoms with Crippen LogP contribution < -0.4 is 5.32 Å². The van der Waals surface area contributed by atoms with Crippen molar-refractivity contribution in [3.63, 3.8) is 0 Å². The minimum atomic E-state index is -0.329. The molecule has 2 aliphatic heterocycles. The first-order chi connectivity index (χ1) is 6.78. The van der Waals surface area contributed by atoms with Gasteiger partial charge in [0.1, 0.15) is 5.54 Å². The fourth-order valence-corrected chi connectivity index (χ4v) is 2.29. The SMILES string of the molecule is CCC1(C(=O)N2CCCO2)CCCN1. The maximum atomic E-state index is 12.1. The second-order valence-electron chi connectivity index (χ2n) is 4.06. The number of rotatable bonds is 2. The molecule has 0 saturated carbocycles. The summed E-state index contributed by atoms with van der Waals surface area (Å²) in [5, 5.41) is 4.87. The third kappa shape index (κ3) is 1.53. The van der Waals surface area contributed by atoms with Crippen LogP contribution >= 0.6 is 0 Å². The normalized spacial score (nSPS) is 32.5. The van der Waals surface area contributed by atoms with E-state index in [2.05, 4.69) is 12.2 Å². The second kappa shape index (κ2) is 3.87. The summed E-state index contributed by atoms with van der Waals surface area (Å²) in [6.07, 6.45) is 3.85. The minimum Gasteiger partial charge on any atom is -0.303 e. The van der Waals surface area contributed by atoms with Crippen molar-refractivity contribution in [1.82, 2.24) is 10.4 Å². The van der Waals surface area contributed by atoms with Gasteiger partial charge in [-0.25, -0.2) is 5.06 Å². The molecule has 0 bridgehead atoms. The molecule has 1 N–H and O–H groups in total. The fraction of sp³-hybridized carbons (Fsp3) is 0.900. The van der Waals surface area contributed by atoms with Gasteiger partial charge in [0.25, 0.3) is 5.91 Å². The summed E-state index contributed by atoms with van der Waals surface area (Å²) in [5.74, 6) is 0.134. The number of nitrogens with one attached hydrogen (secondary N) is 1. The van der Waals surface area contributed by atoms with E-state index in [1.807, 2.05) is 0 Å². The third-order valence-corrected chi connectivity index (χ3v) is 3.24. The van der Waals surface area contributed by atoms with Crippen molar-refractivity contribution in [2.45, 2.75) is 38.1 Å². The molecule has 80 valence electrons. The van der Waals surface area contributed by atoms with Crippen LogP contribution in [0, 0.1) is 0 Å². The number of hydrogen-bond donors (Lipinski definition) is 1. The van der Waals surface area contributed by atoms with E-state index >= 15 is 0 Å². The summed E-state index contributed by atoms with van der Waals surface area (Å²) >= 11 is 0. The molecule has 0 aliphatic carbocycles. The first-order valence-electron chi connectivity index (χ1n) is 5.48. The van der Waals surface area contributed by atoms with E-state index in [0.717, 1.165) is 38.8 Å². The Hall–Kier alpha value is -0.610. The van der Waals surface area contributed by atoms with Crippen LogP contribution in [-0.2, 0) is 9.63 Å². The van der Waals surface area contributed by atoms with Gasteiger partial charge in [0.2, 0.25) is 0 Å². The van der Waals surface area contributed by atoms with E-state index in [9.17, 15) is 4.79 Å². The van der Waals surface area contributed by atoms with Crippen molar-refractivity contribution in [2.75, 3.05) is 19.7 Å². The molecule has 2 saturated heterocycles. The lowest BCUT2D eigenvalue weighted by Crippen LogP contribution is -2.53. The Balaban J connectivity index is 2.06. The van der Waals surface area contributed by atoms with Gasteiger partial charge in [-0.2, -0.15) is 0 Å². The molecule has 0 radical (unpaired) electrons. The molecule has 0 aromatic carbocycles. The zero-order chi connectivity index (χ0) is 10.0. The molecule has 2 heterocycles. The lowest BCUT2D eigenvalue weighted by atomic mass is 9.93. The number of carbonyl (C=O) groups is 1. The van der Waals surface area contributed by atoms with E-state index in [-0.39, 0.29) is 11.4 Å². The number of carbonyl (C=O) groups excluding carboxylic acids is 1. The Morgan fingerprint density at radius 3 is 2.93 bits per heavy atom. The Morgan fingerprint density at radius 2 is 2.43 bits per heavy atom. The quantitative estimate of drug-likeness (QED) is 0.709. The van der Waals surface area contributed by atoms with Crippen LogP contribution in [0.2, 0.25) is 0 Å². The molecular weight excluding hydrogens is 180 g/mol. The Morgan fingerprint density at radius 1 is 1.57 bits per heavy atom. The zero-order valence-corrected chi connectivity index (χ0v) is 8.71. The summed E-state index contributed by atoms with van der Waals surface area (Å²) in [6, 6.07) is 0. The van der Waals surface area contributed by atoms with E-state index in [1.54, 1.807) is 5.06 Å². The molecule has 2 fully saturated rings. The summed E-state index contributed by atoms with van der Waals surface area (Å²) in [7, 11) is 0. The van der Waals surface area contributed by atoms with Crippen molar-refractivity contribution in [3.05, 3.63) is 0 Å². The monoisotopic (exact) mass is 198 g/mol. The first-order valence-corrected chi connectivity index (χ1v) is 5.48. The van der Waals surface area contributed by atoms with Gasteiger partial charge in [-0.05, 0) is 32.2 Å². The molecule has 4 heteroatoms. The van der Waals surface area contributed by atoms with Gasteiger partial charge in [0.15, 0.2) is 0 Å². The first kappa shape index (κ1) is 9.93. The van der Waals surface area contributed by atoms with Gasteiger partial charge in [0, 0.05) is 0 Å². The van der Waals surface area contributed by atoms with Crippen molar-refractivity contribution in [1.29, 1.82) is 0 Å². The highest BCUT2D eigenvalue weighted by Gasteiger charge is 2.43. The molecule has 1 atom stereocenters. The lowest BCUT2D eigenvalue weighted by molar-refractivity contribution is -0.176. The van der Waals surface area contributed by atoms with E-state index < -0.39 is 0 Å². The molecule has 0 aromatic rings. The Kier molecular flexibility index (Phi) is 2.74. The highest BCUT2D eigenvalue weighted by molar-refractivity contribution is 5.86. The van der Waals surface area contributed by atoms with Crippen LogP contribution in [0.15, 0.2) is 0 Å². The average molecular weight is 198 g/mol. The topological polar surface area (TPSA) is 41.6 Å². The van der Waals surface area contributed by atoms with E-state index in [1.165, 1.54) is 0 Å². The fourth-order valence-electron chi connectivity index (χ4n) is 2.29. The van der Waals surface area contributed by atoms with Gasteiger partial charge in [-0.15, -0.1) is 0 Å². The molecule has 0 aromatic heterocycles. The van der Waals surface area contributed by atoms with Crippen LogP contribution in [0.25, 0.3) is 0 Å². The lowest BCUT2D eigenvalue weighted by Gasteiger charge is -2.30. The highest BCUT2D eigenvalue weighted by Crippen LogP contribution is 2.26. The standard InChI is InChI=1S/C10H18N2O2/c1-2-10(5-3-6-11-10)9(13)12-7-4-8-14-12/h11H,2-8H2,1H3.